The fraction of sp³-hybridized carbons (Fsp3) is 0.909. The standard InChI is InChI=1S/C11H21NO2/c1-8(2)12-9(3)6-11(4,5)7-14-10(12)13/h8-9H,6-7H2,1-5H3. The van der Waals surface area contributed by atoms with E-state index in [9.17, 15) is 4.79 Å². The third-order valence-electron chi connectivity index (χ3n) is 2.68. The van der Waals surface area contributed by atoms with E-state index >= 15 is 0 Å². The largest absolute Gasteiger partial charge is 0.449 e. The van der Waals surface area contributed by atoms with E-state index in [4.69, 9.17) is 4.74 Å². The van der Waals surface area contributed by atoms with Crippen LogP contribution in [0.2, 0.25) is 0 Å². The molecule has 1 saturated heterocycles. The molecule has 1 amide bonds. The Morgan fingerprint density at radius 3 is 2.57 bits per heavy atom. The Kier molecular flexibility index (Phi) is 3.07. The fourth-order valence-electron chi connectivity index (χ4n) is 2.19. The Balaban J connectivity index is 2.82. The van der Waals surface area contributed by atoms with Gasteiger partial charge in [-0.2, -0.15) is 0 Å². The van der Waals surface area contributed by atoms with Crippen molar-refractivity contribution in [1.29, 1.82) is 0 Å². The summed E-state index contributed by atoms with van der Waals surface area (Å²) in [5.74, 6) is 0. The number of rotatable bonds is 1. The zero-order valence-electron chi connectivity index (χ0n) is 9.83. The quantitative estimate of drug-likeness (QED) is 0.649. The molecular formula is C11H21NO2. The molecule has 1 heterocycles. The summed E-state index contributed by atoms with van der Waals surface area (Å²) in [6, 6.07) is 0.478. The lowest BCUT2D eigenvalue weighted by Gasteiger charge is -2.31. The van der Waals surface area contributed by atoms with Gasteiger partial charge < -0.3 is 9.64 Å². The van der Waals surface area contributed by atoms with E-state index in [1.807, 2.05) is 18.7 Å². The average Bonchev–Trinajstić information content (AvgIpc) is 2.07. The van der Waals surface area contributed by atoms with Gasteiger partial charge in [0.2, 0.25) is 0 Å². The first-order chi connectivity index (χ1) is 6.33. The van der Waals surface area contributed by atoms with Gasteiger partial charge in [0.25, 0.3) is 0 Å². The van der Waals surface area contributed by atoms with Gasteiger partial charge in [-0.3, -0.25) is 0 Å². The van der Waals surface area contributed by atoms with Crippen molar-refractivity contribution in [1.82, 2.24) is 4.90 Å². The summed E-state index contributed by atoms with van der Waals surface area (Å²) < 4.78 is 5.25. The van der Waals surface area contributed by atoms with Crippen LogP contribution in [-0.4, -0.2) is 29.7 Å². The normalized spacial score (nSPS) is 27.4. The predicted octanol–water partition coefficient (Wildman–Crippen LogP) is 2.65. The van der Waals surface area contributed by atoms with Crippen LogP contribution in [0.3, 0.4) is 0 Å². The predicted molar refractivity (Wildman–Crippen MR) is 56.2 cm³/mol. The second-order valence-corrected chi connectivity index (χ2v) is 5.27. The van der Waals surface area contributed by atoms with Gasteiger partial charge in [-0.15, -0.1) is 0 Å². The summed E-state index contributed by atoms with van der Waals surface area (Å²) in [5, 5.41) is 0. The lowest BCUT2D eigenvalue weighted by atomic mass is 9.87. The maximum Gasteiger partial charge on any atom is 0.410 e. The zero-order chi connectivity index (χ0) is 10.9. The Morgan fingerprint density at radius 1 is 1.50 bits per heavy atom. The van der Waals surface area contributed by atoms with Crippen molar-refractivity contribution >= 4 is 6.09 Å². The topological polar surface area (TPSA) is 29.5 Å². The van der Waals surface area contributed by atoms with Gasteiger partial charge in [-0.25, -0.2) is 4.79 Å². The van der Waals surface area contributed by atoms with Crippen molar-refractivity contribution in [3.05, 3.63) is 0 Å². The SMILES string of the molecule is CC(C)N1C(=O)OCC(C)(C)CC1C. The molecule has 1 aliphatic rings. The number of carbonyl (C=O) groups excluding carboxylic acids is 1. The van der Waals surface area contributed by atoms with E-state index < -0.39 is 0 Å². The molecule has 1 aliphatic heterocycles. The molecule has 0 N–H and O–H groups in total. The highest BCUT2D eigenvalue weighted by Crippen LogP contribution is 2.29. The molecule has 0 aliphatic carbocycles. The maximum absolute atomic E-state index is 11.7. The van der Waals surface area contributed by atoms with Crippen molar-refractivity contribution < 1.29 is 9.53 Å². The maximum atomic E-state index is 11.7. The Morgan fingerprint density at radius 2 is 2.07 bits per heavy atom. The highest BCUT2D eigenvalue weighted by atomic mass is 16.6. The van der Waals surface area contributed by atoms with Crippen LogP contribution in [0, 0.1) is 5.41 Å². The van der Waals surface area contributed by atoms with E-state index in [0.29, 0.717) is 6.61 Å². The van der Waals surface area contributed by atoms with E-state index in [1.165, 1.54) is 0 Å². The van der Waals surface area contributed by atoms with E-state index in [-0.39, 0.29) is 23.6 Å². The fourth-order valence-corrected chi connectivity index (χ4v) is 2.19. The van der Waals surface area contributed by atoms with Crippen molar-refractivity contribution in [2.75, 3.05) is 6.61 Å². The van der Waals surface area contributed by atoms with E-state index in [1.54, 1.807) is 0 Å². The van der Waals surface area contributed by atoms with Gasteiger partial charge in [0.05, 0.1) is 6.61 Å². The lowest BCUT2D eigenvalue weighted by Crippen LogP contribution is -2.42. The van der Waals surface area contributed by atoms with Crippen LogP contribution in [-0.2, 0) is 4.74 Å². The zero-order valence-corrected chi connectivity index (χ0v) is 9.83. The number of cyclic esters (lactones) is 1. The molecule has 1 rings (SSSR count). The van der Waals surface area contributed by atoms with Gasteiger partial charge in [0.1, 0.15) is 0 Å². The van der Waals surface area contributed by atoms with Gasteiger partial charge >= 0.3 is 6.09 Å². The summed E-state index contributed by atoms with van der Waals surface area (Å²) in [6.07, 6.45) is 0.828. The number of amides is 1. The molecular weight excluding hydrogens is 178 g/mol. The number of carbonyl (C=O) groups is 1. The first-order valence-corrected chi connectivity index (χ1v) is 5.28. The Bertz CT molecular complexity index is 223. The molecule has 0 bridgehead atoms. The van der Waals surface area contributed by atoms with Crippen molar-refractivity contribution in [2.24, 2.45) is 5.41 Å². The molecule has 0 saturated carbocycles. The van der Waals surface area contributed by atoms with Crippen molar-refractivity contribution in [2.45, 2.75) is 53.1 Å². The third-order valence-corrected chi connectivity index (χ3v) is 2.68. The first kappa shape index (κ1) is 11.3. The van der Waals surface area contributed by atoms with Crippen LogP contribution in [0.25, 0.3) is 0 Å². The van der Waals surface area contributed by atoms with Crippen LogP contribution >= 0.6 is 0 Å². The minimum atomic E-state index is -0.168. The smallest absolute Gasteiger partial charge is 0.410 e. The molecule has 0 aromatic carbocycles. The molecule has 14 heavy (non-hydrogen) atoms. The van der Waals surface area contributed by atoms with Crippen LogP contribution < -0.4 is 0 Å². The van der Waals surface area contributed by atoms with Gasteiger partial charge in [-0.05, 0) is 27.2 Å². The number of hydrogen-bond donors (Lipinski definition) is 0. The highest BCUT2D eigenvalue weighted by molar-refractivity contribution is 5.68. The van der Waals surface area contributed by atoms with Crippen LogP contribution in [0.4, 0.5) is 4.79 Å². The molecule has 0 aromatic rings. The minimum absolute atomic E-state index is 0.0959. The number of nitrogens with zero attached hydrogens (tertiary/aromatic N) is 1. The van der Waals surface area contributed by atoms with Crippen LogP contribution in [0.1, 0.15) is 41.0 Å². The van der Waals surface area contributed by atoms with E-state index in [2.05, 4.69) is 20.8 Å². The van der Waals surface area contributed by atoms with Crippen molar-refractivity contribution in [3.8, 4) is 0 Å². The first-order valence-electron chi connectivity index (χ1n) is 5.28. The number of ether oxygens (including phenoxy) is 1. The van der Waals surface area contributed by atoms with Gasteiger partial charge in [0.15, 0.2) is 0 Å². The molecule has 3 heteroatoms. The van der Waals surface area contributed by atoms with Crippen LogP contribution in [0.15, 0.2) is 0 Å². The van der Waals surface area contributed by atoms with E-state index in [0.717, 1.165) is 6.42 Å². The summed E-state index contributed by atoms with van der Waals surface area (Å²) in [4.78, 5) is 13.5. The molecule has 1 atom stereocenters. The summed E-state index contributed by atoms with van der Waals surface area (Å²) >= 11 is 0. The second kappa shape index (κ2) is 3.79. The van der Waals surface area contributed by atoms with Crippen molar-refractivity contribution in [3.63, 3.8) is 0 Å². The summed E-state index contributed by atoms with van der Waals surface area (Å²) in [6.45, 7) is 10.9. The second-order valence-electron chi connectivity index (χ2n) is 5.27. The highest BCUT2D eigenvalue weighted by Gasteiger charge is 2.34. The average molecular weight is 199 g/mol. The summed E-state index contributed by atoms with van der Waals surface area (Å²) in [7, 11) is 0. The molecule has 0 radical (unpaired) electrons. The molecule has 0 spiro atoms. The monoisotopic (exact) mass is 199 g/mol. The number of hydrogen-bond acceptors (Lipinski definition) is 2. The molecule has 82 valence electrons. The summed E-state index contributed by atoms with van der Waals surface area (Å²) in [5.41, 5.74) is 0.0959. The van der Waals surface area contributed by atoms with Gasteiger partial charge in [-0.1, -0.05) is 13.8 Å². The Labute approximate surface area is 86.4 Å². The molecule has 3 nitrogen and oxygen atoms in total. The molecule has 0 aromatic heterocycles. The third kappa shape index (κ3) is 2.40. The molecule has 1 fully saturated rings. The Hall–Kier alpha value is -0.730. The minimum Gasteiger partial charge on any atom is -0.449 e. The van der Waals surface area contributed by atoms with Crippen LogP contribution in [0.5, 0.6) is 0 Å². The molecule has 1 unspecified atom stereocenters. The van der Waals surface area contributed by atoms with Gasteiger partial charge in [0, 0.05) is 17.5 Å². The lowest BCUT2D eigenvalue weighted by molar-refractivity contribution is 0.0835.